The molecule has 1 aromatic carbocycles. The zero-order valence-corrected chi connectivity index (χ0v) is 9.07. The second kappa shape index (κ2) is 4.47. The second-order valence-electron chi connectivity index (χ2n) is 3.13. The molecule has 70 valence electrons. The van der Waals surface area contributed by atoms with Crippen LogP contribution in [0.4, 0.5) is 0 Å². The minimum absolute atomic E-state index is 0.138. The second-order valence-corrected chi connectivity index (χ2v) is 4.00. The van der Waals surface area contributed by atoms with Gasteiger partial charge >= 0.3 is 0 Å². The molecule has 0 N–H and O–H groups in total. The van der Waals surface area contributed by atoms with Gasteiger partial charge in [-0.25, -0.2) is 0 Å². The highest BCUT2D eigenvalue weighted by atomic mass is 32.2. The van der Waals surface area contributed by atoms with Gasteiger partial charge in [-0.05, 0) is 37.3 Å². The molecule has 0 heterocycles. The summed E-state index contributed by atoms with van der Waals surface area (Å²) in [7, 11) is 0. The molecular formula is C11H14OS. The van der Waals surface area contributed by atoms with Crippen molar-refractivity contribution in [3.05, 3.63) is 34.9 Å². The van der Waals surface area contributed by atoms with Crippen LogP contribution in [0.5, 0.6) is 0 Å². The summed E-state index contributed by atoms with van der Waals surface area (Å²) in [5.74, 6) is 1.16. The Balaban J connectivity index is 2.98. The van der Waals surface area contributed by atoms with E-state index in [2.05, 4.69) is 13.2 Å². The van der Waals surface area contributed by atoms with Crippen molar-refractivity contribution >= 4 is 17.5 Å². The van der Waals surface area contributed by atoms with E-state index in [1.807, 2.05) is 18.2 Å². The first kappa shape index (κ1) is 10.3. The highest BCUT2D eigenvalue weighted by molar-refractivity contribution is 7.97. The number of hydrogen-bond donors (Lipinski definition) is 0. The van der Waals surface area contributed by atoms with E-state index in [0.717, 1.165) is 11.3 Å². The molecule has 0 aromatic heterocycles. The van der Waals surface area contributed by atoms with Crippen molar-refractivity contribution in [3.8, 4) is 0 Å². The summed E-state index contributed by atoms with van der Waals surface area (Å²) in [5, 5.41) is 0. The number of hydrogen-bond acceptors (Lipinski definition) is 2. The van der Waals surface area contributed by atoms with E-state index in [-0.39, 0.29) is 5.78 Å². The van der Waals surface area contributed by atoms with Crippen molar-refractivity contribution in [1.29, 1.82) is 0 Å². The molecule has 1 rings (SSSR count). The lowest BCUT2D eigenvalue weighted by atomic mass is 10.0. The molecule has 0 saturated carbocycles. The van der Waals surface area contributed by atoms with E-state index in [1.165, 1.54) is 11.1 Å². The average Bonchev–Trinajstić information content (AvgIpc) is 2.08. The highest BCUT2D eigenvalue weighted by Crippen LogP contribution is 2.16. The molecule has 0 spiro atoms. The zero-order valence-electron chi connectivity index (χ0n) is 8.26. The molecular weight excluding hydrogens is 180 g/mol. The summed E-state index contributed by atoms with van der Waals surface area (Å²) in [5.41, 5.74) is 3.34. The van der Waals surface area contributed by atoms with Crippen molar-refractivity contribution in [1.82, 2.24) is 0 Å². The third-order valence-electron chi connectivity index (χ3n) is 2.05. The van der Waals surface area contributed by atoms with Gasteiger partial charge in [0.05, 0.1) is 0 Å². The average molecular weight is 194 g/mol. The van der Waals surface area contributed by atoms with Gasteiger partial charge in [-0.2, -0.15) is 11.8 Å². The summed E-state index contributed by atoms with van der Waals surface area (Å²) in [6.45, 7) is 3.65. The van der Waals surface area contributed by atoms with E-state index in [4.69, 9.17) is 0 Å². The van der Waals surface area contributed by atoms with Gasteiger partial charge in [-0.3, -0.25) is 4.79 Å². The van der Waals surface area contributed by atoms with E-state index in [1.54, 1.807) is 18.7 Å². The number of rotatable bonds is 3. The van der Waals surface area contributed by atoms with Gasteiger partial charge in [0, 0.05) is 11.3 Å². The number of aryl methyl sites for hydroxylation is 1. The van der Waals surface area contributed by atoms with E-state index >= 15 is 0 Å². The molecule has 1 aromatic rings. The highest BCUT2D eigenvalue weighted by Gasteiger charge is 2.02. The molecule has 0 fully saturated rings. The molecule has 0 unspecified atom stereocenters. The Morgan fingerprint density at radius 1 is 1.46 bits per heavy atom. The molecule has 13 heavy (non-hydrogen) atoms. The maximum atomic E-state index is 11.1. The van der Waals surface area contributed by atoms with Crippen LogP contribution in [0.3, 0.4) is 0 Å². The minimum atomic E-state index is 0.138. The first-order valence-corrected chi connectivity index (χ1v) is 5.64. The van der Waals surface area contributed by atoms with Crippen LogP contribution in [0, 0.1) is 6.92 Å². The van der Waals surface area contributed by atoms with Crippen molar-refractivity contribution < 1.29 is 4.79 Å². The lowest BCUT2D eigenvalue weighted by Crippen LogP contribution is -1.94. The Hall–Kier alpha value is -0.760. The largest absolute Gasteiger partial charge is 0.295 e. The first-order chi connectivity index (χ1) is 6.15. The van der Waals surface area contributed by atoms with Crippen LogP contribution >= 0.6 is 11.8 Å². The number of thioether (sulfide) groups is 1. The SMILES string of the molecule is CSCc1ccc(C(C)=O)cc1C. The maximum Gasteiger partial charge on any atom is 0.159 e. The van der Waals surface area contributed by atoms with Gasteiger partial charge in [0.15, 0.2) is 5.78 Å². The number of Topliss-reactive ketones (excluding diaryl/α,β-unsaturated/α-hetero) is 1. The lowest BCUT2D eigenvalue weighted by Gasteiger charge is -2.05. The van der Waals surface area contributed by atoms with Crippen molar-refractivity contribution in [2.45, 2.75) is 19.6 Å². The zero-order chi connectivity index (χ0) is 9.84. The van der Waals surface area contributed by atoms with Gasteiger partial charge in [0.2, 0.25) is 0 Å². The molecule has 0 aliphatic rings. The maximum absolute atomic E-state index is 11.1. The molecule has 0 saturated heterocycles. The van der Waals surface area contributed by atoms with E-state index in [9.17, 15) is 4.79 Å². The number of ketones is 1. The van der Waals surface area contributed by atoms with Crippen LogP contribution in [0.15, 0.2) is 18.2 Å². The quantitative estimate of drug-likeness (QED) is 0.688. The van der Waals surface area contributed by atoms with Crippen LogP contribution < -0.4 is 0 Å². The van der Waals surface area contributed by atoms with E-state index < -0.39 is 0 Å². The van der Waals surface area contributed by atoms with Crippen LogP contribution in [0.25, 0.3) is 0 Å². The summed E-state index contributed by atoms with van der Waals surface area (Å²) in [4.78, 5) is 11.1. The Bertz CT molecular complexity index is 318. The number of carbonyl (C=O) groups excluding carboxylic acids is 1. The molecule has 0 amide bonds. The van der Waals surface area contributed by atoms with Crippen molar-refractivity contribution in [2.24, 2.45) is 0 Å². The predicted octanol–water partition coefficient (Wildman–Crippen LogP) is 3.06. The third-order valence-corrected chi connectivity index (χ3v) is 2.65. The minimum Gasteiger partial charge on any atom is -0.295 e. The van der Waals surface area contributed by atoms with Crippen LogP contribution in [0.1, 0.15) is 28.4 Å². The topological polar surface area (TPSA) is 17.1 Å². The monoisotopic (exact) mass is 194 g/mol. The lowest BCUT2D eigenvalue weighted by molar-refractivity contribution is 0.101. The van der Waals surface area contributed by atoms with Crippen LogP contribution in [-0.4, -0.2) is 12.0 Å². The summed E-state index contributed by atoms with van der Waals surface area (Å²) >= 11 is 1.80. The fourth-order valence-electron chi connectivity index (χ4n) is 1.23. The van der Waals surface area contributed by atoms with E-state index in [0.29, 0.717) is 0 Å². The Morgan fingerprint density at radius 3 is 2.62 bits per heavy atom. The Labute approximate surface area is 83.5 Å². The molecule has 0 atom stereocenters. The van der Waals surface area contributed by atoms with Gasteiger partial charge in [-0.15, -0.1) is 0 Å². The van der Waals surface area contributed by atoms with Crippen LogP contribution in [0.2, 0.25) is 0 Å². The van der Waals surface area contributed by atoms with Gasteiger partial charge in [-0.1, -0.05) is 12.1 Å². The molecule has 0 aliphatic heterocycles. The van der Waals surface area contributed by atoms with Gasteiger partial charge in [0.25, 0.3) is 0 Å². The van der Waals surface area contributed by atoms with Gasteiger partial charge in [0.1, 0.15) is 0 Å². The predicted molar refractivity (Wildman–Crippen MR) is 58.4 cm³/mol. The molecule has 1 nitrogen and oxygen atoms in total. The summed E-state index contributed by atoms with van der Waals surface area (Å²) in [6.07, 6.45) is 2.08. The summed E-state index contributed by atoms with van der Waals surface area (Å²) < 4.78 is 0. The number of benzene rings is 1. The van der Waals surface area contributed by atoms with Crippen molar-refractivity contribution in [2.75, 3.05) is 6.26 Å². The third kappa shape index (κ3) is 2.59. The van der Waals surface area contributed by atoms with Crippen molar-refractivity contribution in [3.63, 3.8) is 0 Å². The molecule has 0 bridgehead atoms. The normalized spacial score (nSPS) is 10.1. The first-order valence-electron chi connectivity index (χ1n) is 4.24. The summed E-state index contributed by atoms with van der Waals surface area (Å²) in [6, 6.07) is 5.91. The standard InChI is InChI=1S/C11H14OS/c1-8-6-10(9(2)12)4-5-11(8)7-13-3/h4-6H,7H2,1-3H3. The Kier molecular flexibility index (Phi) is 3.55. The smallest absolute Gasteiger partial charge is 0.159 e. The fourth-order valence-corrected chi connectivity index (χ4v) is 1.87. The number of carbonyl (C=O) groups is 1. The van der Waals surface area contributed by atoms with Crippen LogP contribution in [-0.2, 0) is 5.75 Å². The fraction of sp³-hybridized carbons (Fsp3) is 0.364. The van der Waals surface area contributed by atoms with Gasteiger partial charge < -0.3 is 0 Å². The molecule has 0 radical (unpaired) electrons. The molecule has 0 aliphatic carbocycles. The molecule has 2 heteroatoms. The Morgan fingerprint density at radius 2 is 2.15 bits per heavy atom.